The SMILES string of the molecule is COC(=O)Cc1cccc(-c2nc(NCC(C)(C)O)cc(Nc3cc(F)cc(F)c3)n2)n1. The number of nitrogens with one attached hydrogen (secondary N) is 2. The summed E-state index contributed by atoms with van der Waals surface area (Å²) in [6.45, 7) is 3.45. The van der Waals surface area contributed by atoms with Gasteiger partial charge in [0.05, 0.1) is 24.8 Å². The Kier molecular flexibility index (Phi) is 6.94. The van der Waals surface area contributed by atoms with E-state index in [-0.39, 0.29) is 30.3 Å². The number of pyridine rings is 1. The largest absolute Gasteiger partial charge is 0.469 e. The summed E-state index contributed by atoms with van der Waals surface area (Å²) < 4.78 is 31.8. The van der Waals surface area contributed by atoms with E-state index in [0.29, 0.717) is 17.2 Å². The van der Waals surface area contributed by atoms with Gasteiger partial charge in [0, 0.05) is 24.4 Å². The van der Waals surface area contributed by atoms with E-state index >= 15 is 0 Å². The minimum absolute atomic E-state index is 0.0192. The molecule has 0 bridgehead atoms. The number of anilines is 3. The van der Waals surface area contributed by atoms with Crippen molar-refractivity contribution in [3.8, 4) is 11.5 Å². The number of hydrogen-bond donors (Lipinski definition) is 3. The van der Waals surface area contributed by atoms with Crippen molar-refractivity contribution in [1.29, 1.82) is 0 Å². The first-order valence-electron chi connectivity index (χ1n) is 9.73. The molecule has 0 unspecified atom stereocenters. The molecule has 2 heterocycles. The van der Waals surface area contributed by atoms with Crippen molar-refractivity contribution < 1.29 is 23.4 Å². The monoisotopic (exact) mass is 443 g/mol. The molecule has 1 aromatic carbocycles. The van der Waals surface area contributed by atoms with Crippen molar-refractivity contribution in [2.75, 3.05) is 24.3 Å². The molecule has 0 amide bonds. The fraction of sp³-hybridized carbons (Fsp3) is 0.273. The number of rotatable bonds is 8. The Labute approximate surface area is 183 Å². The highest BCUT2D eigenvalue weighted by molar-refractivity contribution is 5.72. The van der Waals surface area contributed by atoms with Gasteiger partial charge in [0.15, 0.2) is 5.82 Å². The molecule has 0 aliphatic heterocycles. The Morgan fingerprint density at radius 3 is 2.41 bits per heavy atom. The fourth-order valence-electron chi connectivity index (χ4n) is 2.72. The number of carbonyl (C=O) groups is 1. The van der Waals surface area contributed by atoms with Crippen molar-refractivity contribution in [2.24, 2.45) is 0 Å². The van der Waals surface area contributed by atoms with Crippen LogP contribution in [0.25, 0.3) is 11.5 Å². The van der Waals surface area contributed by atoms with Gasteiger partial charge in [-0.1, -0.05) is 6.07 Å². The Balaban J connectivity index is 1.98. The molecule has 0 radical (unpaired) electrons. The average Bonchev–Trinajstić information content (AvgIpc) is 2.71. The quantitative estimate of drug-likeness (QED) is 0.454. The Morgan fingerprint density at radius 2 is 1.75 bits per heavy atom. The van der Waals surface area contributed by atoms with Crippen molar-refractivity contribution in [1.82, 2.24) is 15.0 Å². The Morgan fingerprint density at radius 1 is 1.06 bits per heavy atom. The summed E-state index contributed by atoms with van der Waals surface area (Å²) in [5.41, 5.74) is -0.00224. The van der Waals surface area contributed by atoms with Crippen molar-refractivity contribution in [3.05, 3.63) is 59.8 Å². The van der Waals surface area contributed by atoms with Gasteiger partial charge < -0.3 is 20.5 Å². The second-order valence-corrected chi connectivity index (χ2v) is 7.68. The van der Waals surface area contributed by atoms with Gasteiger partial charge in [-0.05, 0) is 38.1 Å². The molecule has 32 heavy (non-hydrogen) atoms. The van der Waals surface area contributed by atoms with Crippen LogP contribution in [0.15, 0.2) is 42.5 Å². The zero-order valence-corrected chi connectivity index (χ0v) is 17.8. The maximum Gasteiger partial charge on any atom is 0.311 e. The van der Waals surface area contributed by atoms with E-state index < -0.39 is 23.2 Å². The highest BCUT2D eigenvalue weighted by Gasteiger charge is 2.15. The van der Waals surface area contributed by atoms with Crippen LogP contribution in [0, 0.1) is 11.6 Å². The van der Waals surface area contributed by atoms with E-state index in [1.54, 1.807) is 32.0 Å². The summed E-state index contributed by atoms with van der Waals surface area (Å²) in [4.78, 5) is 24.8. The lowest BCUT2D eigenvalue weighted by Crippen LogP contribution is -2.29. The van der Waals surface area contributed by atoms with Gasteiger partial charge in [-0.2, -0.15) is 0 Å². The van der Waals surface area contributed by atoms with Crippen LogP contribution in [0.4, 0.5) is 26.1 Å². The van der Waals surface area contributed by atoms with Gasteiger partial charge in [0.1, 0.15) is 29.0 Å². The van der Waals surface area contributed by atoms with Crippen LogP contribution in [-0.4, -0.2) is 45.3 Å². The summed E-state index contributed by atoms with van der Waals surface area (Å²) in [5, 5.41) is 15.9. The van der Waals surface area contributed by atoms with Crippen LogP contribution in [0.5, 0.6) is 0 Å². The lowest BCUT2D eigenvalue weighted by atomic mass is 10.1. The lowest BCUT2D eigenvalue weighted by Gasteiger charge is -2.19. The van der Waals surface area contributed by atoms with Crippen molar-refractivity contribution >= 4 is 23.3 Å². The minimum Gasteiger partial charge on any atom is -0.469 e. The molecule has 0 aliphatic carbocycles. The molecule has 0 spiro atoms. The first-order chi connectivity index (χ1) is 15.1. The number of hydrogen-bond acceptors (Lipinski definition) is 8. The molecule has 0 aliphatic rings. The standard InChI is InChI=1S/C22H23F2N5O3/c1-22(2,31)12-25-18-11-19(27-16-8-13(23)7-14(24)9-16)29-21(28-18)17-6-4-5-15(26-17)10-20(30)32-3/h4-9,11,31H,10,12H2,1-3H3,(H2,25,27,28,29). The van der Waals surface area contributed by atoms with Gasteiger partial charge in [0.25, 0.3) is 0 Å². The zero-order valence-electron chi connectivity index (χ0n) is 17.8. The van der Waals surface area contributed by atoms with E-state index in [4.69, 9.17) is 0 Å². The van der Waals surface area contributed by atoms with Gasteiger partial charge >= 0.3 is 5.97 Å². The second kappa shape index (κ2) is 9.65. The van der Waals surface area contributed by atoms with Crippen LogP contribution in [0.1, 0.15) is 19.5 Å². The van der Waals surface area contributed by atoms with Crippen LogP contribution >= 0.6 is 0 Å². The van der Waals surface area contributed by atoms with Crippen molar-refractivity contribution in [2.45, 2.75) is 25.9 Å². The highest BCUT2D eigenvalue weighted by atomic mass is 19.1. The molecule has 10 heteroatoms. The number of aliphatic hydroxyl groups is 1. The predicted molar refractivity (Wildman–Crippen MR) is 115 cm³/mol. The topological polar surface area (TPSA) is 109 Å². The van der Waals surface area contributed by atoms with Crippen LogP contribution in [0.3, 0.4) is 0 Å². The minimum atomic E-state index is -1.01. The molecular formula is C22H23F2N5O3. The molecule has 0 saturated heterocycles. The number of methoxy groups -OCH3 is 1. The number of aromatic nitrogens is 3. The van der Waals surface area contributed by atoms with E-state index in [0.717, 1.165) is 18.2 Å². The summed E-state index contributed by atoms with van der Waals surface area (Å²) in [5.74, 6) is -1.10. The summed E-state index contributed by atoms with van der Waals surface area (Å²) in [7, 11) is 1.29. The number of ether oxygens (including phenoxy) is 1. The van der Waals surface area contributed by atoms with Gasteiger partial charge in [-0.3, -0.25) is 4.79 Å². The molecule has 8 nitrogen and oxygen atoms in total. The van der Waals surface area contributed by atoms with E-state index in [1.165, 1.54) is 13.2 Å². The fourth-order valence-corrected chi connectivity index (χ4v) is 2.72. The molecule has 3 N–H and O–H groups in total. The van der Waals surface area contributed by atoms with Crippen LogP contribution in [0.2, 0.25) is 0 Å². The number of nitrogens with zero attached hydrogens (tertiary/aromatic N) is 3. The number of benzene rings is 1. The zero-order chi connectivity index (χ0) is 23.3. The number of halogens is 2. The molecule has 3 rings (SSSR count). The molecule has 3 aromatic rings. The number of esters is 1. The van der Waals surface area contributed by atoms with Gasteiger partial charge in [-0.25, -0.2) is 23.7 Å². The lowest BCUT2D eigenvalue weighted by molar-refractivity contribution is -0.139. The maximum absolute atomic E-state index is 13.6. The molecule has 0 atom stereocenters. The Bertz CT molecular complexity index is 1100. The molecule has 0 saturated carbocycles. The van der Waals surface area contributed by atoms with E-state index in [9.17, 15) is 18.7 Å². The van der Waals surface area contributed by atoms with Gasteiger partial charge in [-0.15, -0.1) is 0 Å². The smallest absolute Gasteiger partial charge is 0.311 e. The summed E-state index contributed by atoms with van der Waals surface area (Å²) >= 11 is 0. The number of carbonyl (C=O) groups excluding carboxylic acids is 1. The molecule has 168 valence electrons. The maximum atomic E-state index is 13.6. The third-order valence-corrected chi connectivity index (χ3v) is 4.15. The Hall–Kier alpha value is -3.66. The van der Waals surface area contributed by atoms with Crippen LogP contribution < -0.4 is 10.6 Å². The normalized spacial score (nSPS) is 11.2. The first kappa shape index (κ1) is 23.0. The van der Waals surface area contributed by atoms with Crippen molar-refractivity contribution in [3.63, 3.8) is 0 Å². The molecule has 0 fully saturated rings. The van der Waals surface area contributed by atoms with E-state index in [2.05, 4.69) is 30.3 Å². The third-order valence-electron chi connectivity index (χ3n) is 4.15. The predicted octanol–water partition coefficient (Wildman–Crippen LogP) is 3.46. The third kappa shape index (κ3) is 6.67. The van der Waals surface area contributed by atoms with Gasteiger partial charge in [0.2, 0.25) is 0 Å². The molecular weight excluding hydrogens is 420 g/mol. The summed E-state index contributed by atoms with van der Waals surface area (Å²) in [6.07, 6.45) is -0.0192. The average molecular weight is 443 g/mol. The second-order valence-electron chi connectivity index (χ2n) is 7.68. The highest BCUT2D eigenvalue weighted by Crippen LogP contribution is 2.23. The first-order valence-corrected chi connectivity index (χ1v) is 9.73. The molecule has 2 aromatic heterocycles. The van der Waals surface area contributed by atoms with Crippen LogP contribution in [-0.2, 0) is 16.0 Å². The van der Waals surface area contributed by atoms with E-state index in [1.807, 2.05) is 0 Å². The summed E-state index contributed by atoms with van der Waals surface area (Å²) in [6, 6.07) is 9.61.